The highest BCUT2D eigenvalue weighted by Crippen LogP contribution is 2.34. The van der Waals surface area contributed by atoms with Crippen LogP contribution in [0.1, 0.15) is 65.2 Å². The summed E-state index contributed by atoms with van der Waals surface area (Å²) >= 11 is 0. The third kappa shape index (κ3) is 3.93. The molecule has 0 N–H and O–H groups in total. The second-order valence-electron chi connectivity index (χ2n) is 6.26. The minimum atomic E-state index is 0.000753. The molecule has 0 aromatic rings. The molecule has 3 heteroatoms. The van der Waals surface area contributed by atoms with Gasteiger partial charge in [0.15, 0.2) is 0 Å². The predicted octanol–water partition coefficient (Wildman–Crippen LogP) is 3.70. The molecule has 0 saturated carbocycles. The molecule has 2 unspecified atom stereocenters. The van der Waals surface area contributed by atoms with Gasteiger partial charge in [0.1, 0.15) is 0 Å². The molecule has 0 radical (unpaired) electrons. The minimum absolute atomic E-state index is 0.000753. The van der Waals surface area contributed by atoms with Crippen molar-refractivity contribution >= 4 is 0 Å². The number of hydrogen-bond donors (Lipinski definition) is 0. The van der Waals surface area contributed by atoms with E-state index in [0.717, 1.165) is 52.1 Å². The van der Waals surface area contributed by atoms with Gasteiger partial charge in [-0.1, -0.05) is 26.7 Å². The molecule has 0 aromatic carbocycles. The first kappa shape index (κ1) is 15.3. The van der Waals surface area contributed by atoms with E-state index in [1.165, 1.54) is 25.7 Å². The van der Waals surface area contributed by atoms with Crippen LogP contribution >= 0.6 is 0 Å². The summed E-state index contributed by atoms with van der Waals surface area (Å²) in [6, 6.07) is 0. The molecule has 2 heterocycles. The lowest BCUT2D eigenvalue weighted by molar-refractivity contribution is -0.115. The fraction of sp³-hybridized carbons (Fsp3) is 1.00. The molecular formula is C16H30O3. The van der Waals surface area contributed by atoms with Crippen LogP contribution in [0.4, 0.5) is 0 Å². The average Bonchev–Trinajstić information content (AvgIpc) is 3.01. The monoisotopic (exact) mass is 270 g/mol. The van der Waals surface area contributed by atoms with Gasteiger partial charge in [-0.05, 0) is 38.5 Å². The molecule has 0 spiro atoms. The van der Waals surface area contributed by atoms with E-state index < -0.39 is 0 Å². The molecule has 0 bridgehead atoms. The molecular weight excluding hydrogens is 240 g/mol. The Bertz CT molecular complexity index is 227. The van der Waals surface area contributed by atoms with E-state index in [9.17, 15) is 0 Å². The van der Waals surface area contributed by atoms with E-state index in [2.05, 4.69) is 13.8 Å². The molecule has 3 nitrogen and oxygen atoms in total. The molecule has 0 amide bonds. The zero-order chi connectivity index (χ0) is 13.6. The Kier molecular flexibility index (Phi) is 5.67. The standard InChI is InChI=1S/C16H30O3/c1-3-7-15(9-5-11-18-15)13-17-14-16(8-4-2)10-6-12-19-16/h3-14H2,1-2H3. The van der Waals surface area contributed by atoms with Crippen LogP contribution in [0.25, 0.3) is 0 Å². The van der Waals surface area contributed by atoms with Crippen LogP contribution in [-0.4, -0.2) is 37.6 Å². The summed E-state index contributed by atoms with van der Waals surface area (Å²) in [5.74, 6) is 0. The van der Waals surface area contributed by atoms with Gasteiger partial charge < -0.3 is 14.2 Å². The van der Waals surface area contributed by atoms with E-state index in [4.69, 9.17) is 14.2 Å². The van der Waals surface area contributed by atoms with Gasteiger partial charge in [0.25, 0.3) is 0 Å². The Balaban J connectivity index is 1.80. The average molecular weight is 270 g/mol. The minimum Gasteiger partial charge on any atom is -0.375 e. The summed E-state index contributed by atoms with van der Waals surface area (Å²) in [4.78, 5) is 0. The number of rotatable bonds is 8. The summed E-state index contributed by atoms with van der Waals surface area (Å²) in [7, 11) is 0. The molecule has 2 atom stereocenters. The SMILES string of the molecule is CCCC1(COCC2(CCC)CCCO2)CCCO1. The zero-order valence-electron chi connectivity index (χ0n) is 12.7. The van der Waals surface area contributed by atoms with Gasteiger partial charge in [0.2, 0.25) is 0 Å². The first-order valence-corrected chi connectivity index (χ1v) is 8.10. The summed E-state index contributed by atoms with van der Waals surface area (Å²) in [5, 5.41) is 0. The molecule has 19 heavy (non-hydrogen) atoms. The first-order valence-electron chi connectivity index (χ1n) is 8.10. The fourth-order valence-electron chi connectivity index (χ4n) is 3.61. The predicted molar refractivity (Wildman–Crippen MR) is 76.5 cm³/mol. The van der Waals surface area contributed by atoms with Crippen molar-refractivity contribution in [1.29, 1.82) is 0 Å². The Morgan fingerprint density at radius 2 is 1.32 bits per heavy atom. The van der Waals surface area contributed by atoms with Crippen molar-refractivity contribution < 1.29 is 14.2 Å². The van der Waals surface area contributed by atoms with E-state index in [1.54, 1.807) is 0 Å². The highest BCUT2D eigenvalue weighted by molar-refractivity contribution is 4.87. The summed E-state index contributed by atoms with van der Waals surface area (Å²) in [6.07, 6.45) is 9.24. The summed E-state index contributed by atoms with van der Waals surface area (Å²) < 4.78 is 18.0. The van der Waals surface area contributed by atoms with Gasteiger partial charge in [0.05, 0.1) is 24.4 Å². The smallest absolute Gasteiger partial charge is 0.0915 e. The van der Waals surface area contributed by atoms with Gasteiger partial charge in [-0.3, -0.25) is 0 Å². The maximum absolute atomic E-state index is 6.06. The quantitative estimate of drug-likeness (QED) is 0.673. The van der Waals surface area contributed by atoms with Gasteiger partial charge in [-0.15, -0.1) is 0 Å². The van der Waals surface area contributed by atoms with Crippen LogP contribution in [0.2, 0.25) is 0 Å². The molecule has 2 rings (SSSR count). The fourth-order valence-corrected chi connectivity index (χ4v) is 3.61. The van der Waals surface area contributed by atoms with Gasteiger partial charge in [0, 0.05) is 13.2 Å². The van der Waals surface area contributed by atoms with E-state index in [0.29, 0.717) is 0 Å². The normalized spacial score (nSPS) is 35.1. The highest BCUT2D eigenvalue weighted by atomic mass is 16.6. The highest BCUT2D eigenvalue weighted by Gasteiger charge is 2.38. The molecule has 2 saturated heterocycles. The molecule has 2 aliphatic rings. The maximum Gasteiger partial charge on any atom is 0.0915 e. The number of ether oxygens (including phenoxy) is 3. The first-order chi connectivity index (χ1) is 9.24. The van der Waals surface area contributed by atoms with Crippen molar-refractivity contribution in [1.82, 2.24) is 0 Å². The Hall–Kier alpha value is -0.120. The molecule has 2 aliphatic heterocycles. The van der Waals surface area contributed by atoms with Crippen molar-refractivity contribution in [2.75, 3.05) is 26.4 Å². The van der Waals surface area contributed by atoms with E-state index >= 15 is 0 Å². The molecule has 2 fully saturated rings. The second-order valence-corrected chi connectivity index (χ2v) is 6.26. The lowest BCUT2D eigenvalue weighted by Gasteiger charge is -2.32. The van der Waals surface area contributed by atoms with Crippen LogP contribution in [0.3, 0.4) is 0 Å². The lowest BCUT2D eigenvalue weighted by atomic mass is 9.94. The second kappa shape index (κ2) is 7.05. The van der Waals surface area contributed by atoms with Crippen LogP contribution in [-0.2, 0) is 14.2 Å². The van der Waals surface area contributed by atoms with E-state index in [1.807, 2.05) is 0 Å². The van der Waals surface area contributed by atoms with Crippen molar-refractivity contribution in [2.45, 2.75) is 76.4 Å². The topological polar surface area (TPSA) is 27.7 Å². The van der Waals surface area contributed by atoms with Crippen molar-refractivity contribution in [3.05, 3.63) is 0 Å². The van der Waals surface area contributed by atoms with Crippen molar-refractivity contribution in [3.63, 3.8) is 0 Å². The van der Waals surface area contributed by atoms with Gasteiger partial charge in [-0.2, -0.15) is 0 Å². The molecule has 0 aromatic heterocycles. The van der Waals surface area contributed by atoms with Crippen LogP contribution in [0.5, 0.6) is 0 Å². The third-order valence-electron chi connectivity index (χ3n) is 4.51. The van der Waals surface area contributed by atoms with Gasteiger partial charge >= 0.3 is 0 Å². The van der Waals surface area contributed by atoms with E-state index in [-0.39, 0.29) is 11.2 Å². The van der Waals surface area contributed by atoms with Crippen molar-refractivity contribution in [2.24, 2.45) is 0 Å². The maximum atomic E-state index is 6.06. The Morgan fingerprint density at radius 3 is 1.63 bits per heavy atom. The van der Waals surface area contributed by atoms with Gasteiger partial charge in [-0.25, -0.2) is 0 Å². The largest absolute Gasteiger partial charge is 0.375 e. The van der Waals surface area contributed by atoms with Crippen LogP contribution in [0, 0.1) is 0 Å². The summed E-state index contributed by atoms with van der Waals surface area (Å²) in [6.45, 7) is 7.75. The zero-order valence-corrected chi connectivity index (χ0v) is 12.7. The van der Waals surface area contributed by atoms with Crippen LogP contribution < -0.4 is 0 Å². The number of hydrogen-bond acceptors (Lipinski definition) is 3. The molecule has 0 aliphatic carbocycles. The van der Waals surface area contributed by atoms with Crippen LogP contribution in [0.15, 0.2) is 0 Å². The third-order valence-corrected chi connectivity index (χ3v) is 4.51. The Labute approximate surface area is 118 Å². The molecule has 112 valence electrons. The summed E-state index contributed by atoms with van der Waals surface area (Å²) in [5.41, 5.74) is 0.00151. The Morgan fingerprint density at radius 1 is 0.842 bits per heavy atom. The van der Waals surface area contributed by atoms with Crippen molar-refractivity contribution in [3.8, 4) is 0 Å². The lowest BCUT2D eigenvalue weighted by Crippen LogP contribution is -2.39.